The van der Waals surface area contributed by atoms with Gasteiger partial charge in [0.25, 0.3) is 0 Å². The number of hydrogen-bond acceptors (Lipinski definition) is 1. The maximum absolute atomic E-state index is 13.6. The molecule has 0 amide bonds. The molecule has 2 unspecified atom stereocenters. The first kappa shape index (κ1) is 12.0. The lowest BCUT2D eigenvalue weighted by atomic mass is 9.75. The fourth-order valence-electron chi connectivity index (χ4n) is 2.64. The van der Waals surface area contributed by atoms with Gasteiger partial charge in [0, 0.05) is 11.5 Å². The fraction of sp³-hybridized carbons (Fsp3) is 0.462. The molecule has 1 N–H and O–H groups in total. The first-order valence-electron chi connectivity index (χ1n) is 5.78. The Balaban J connectivity index is 2.39. The average molecular weight is 240 g/mol. The monoisotopic (exact) mass is 240 g/mol. The lowest BCUT2D eigenvalue weighted by molar-refractivity contribution is -0.143. The van der Waals surface area contributed by atoms with Crippen LogP contribution >= 0.6 is 0 Å². The van der Waals surface area contributed by atoms with E-state index in [-0.39, 0.29) is 5.56 Å². The van der Waals surface area contributed by atoms with Crippen molar-refractivity contribution in [3.63, 3.8) is 0 Å². The van der Waals surface area contributed by atoms with Crippen molar-refractivity contribution >= 4 is 5.97 Å². The average Bonchev–Trinajstić information content (AvgIpc) is 2.29. The van der Waals surface area contributed by atoms with E-state index >= 15 is 0 Å². The molecule has 0 bridgehead atoms. The van der Waals surface area contributed by atoms with Crippen molar-refractivity contribution in [1.82, 2.24) is 0 Å². The van der Waals surface area contributed by atoms with Crippen molar-refractivity contribution in [2.75, 3.05) is 0 Å². The smallest absolute Gasteiger partial charge is 0.307 e. The van der Waals surface area contributed by atoms with E-state index in [0.717, 1.165) is 12.8 Å². The van der Waals surface area contributed by atoms with E-state index in [1.54, 1.807) is 0 Å². The van der Waals surface area contributed by atoms with E-state index in [1.165, 1.54) is 18.2 Å². The van der Waals surface area contributed by atoms with Gasteiger partial charge in [-0.15, -0.1) is 0 Å². The molecule has 1 fully saturated rings. The SMILES string of the molecule is O=C(O)C1CCCCC1c1c(F)cccc1F. The summed E-state index contributed by atoms with van der Waals surface area (Å²) in [5, 5.41) is 9.11. The summed E-state index contributed by atoms with van der Waals surface area (Å²) < 4.78 is 27.3. The number of carboxylic acid groups (broad SMARTS) is 1. The van der Waals surface area contributed by atoms with Crippen LogP contribution in [0.2, 0.25) is 0 Å². The molecule has 1 aromatic rings. The van der Waals surface area contributed by atoms with Crippen molar-refractivity contribution in [3.8, 4) is 0 Å². The first-order valence-corrected chi connectivity index (χ1v) is 5.78. The van der Waals surface area contributed by atoms with Gasteiger partial charge in [-0.1, -0.05) is 18.9 Å². The molecular formula is C13H14F2O2. The van der Waals surface area contributed by atoms with Crippen LogP contribution in [-0.4, -0.2) is 11.1 Å². The molecule has 1 saturated carbocycles. The summed E-state index contributed by atoms with van der Waals surface area (Å²) in [6.45, 7) is 0. The van der Waals surface area contributed by atoms with Crippen molar-refractivity contribution in [2.24, 2.45) is 5.92 Å². The van der Waals surface area contributed by atoms with Gasteiger partial charge in [-0.25, -0.2) is 8.78 Å². The lowest BCUT2D eigenvalue weighted by Crippen LogP contribution is -2.26. The van der Waals surface area contributed by atoms with Crippen molar-refractivity contribution in [3.05, 3.63) is 35.4 Å². The third kappa shape index (κ3) is 2.30. The molecule has 0 saturated heterocycles. The summed E-state index contributed by atoms with van der Waals surface area (Å²) in [6, 6.07) is 3.67. The molecule has 1 aliphatic carbocycles. The fourth-order valence-corrected chi connectivity index (χ4v) is 2.64. The van der Waals surface area contributed by atoms with Crippen LogP contribution in [0.4, 0.5) is 8.78 Å². The summed E-state index contributed by atoms with van der Waals surface area (Å²) in [5.41, 5.74) is -0.0559. The van der Waals surface area contributed by atoms with Crippen LogP contribution in [0.3, 0.4) is 0 Å². The van der Waals surface area contributed by atoms with Crippen LogP contribution in [0.15, 0.2) is 18.2 Å². The van der Waals surface area contributed by atoms with Gasteiger partial charge in [0.05, 0.1) is 5.92 Å². The Bertz CT molecular complexity index is 411. The quantitative estimate of drug-likeness (QED) is 0.861. The highest BCUT2D eigenvalue weighted by atomic mass is 19.1. The van der Waals surface area contributed by atoms with Gasteiger partial charge in [0.15, 0.2) is 0 Å². The Labute approximate surface area is 98.3 Å². The highest BCUT2D eigenvalue weighted by Gasteiger charge is 2.34. The Morgan fingerprint density at radius 2 is 1.76 bits per heavy atom. The van der Waals surface area contributed by atoms with Crippen molar-refractivity contribution in [1.29, 1.82) is 0 Å². The molecule has 0 spiro atoms. The third-order valence-electron chi connectivity index (χ3n) is 3.45. The van der Waals surface area contributed by atoms with E-state index < -0.39 is 29.4 Å². The normalized spacial score (nSPS) is 24.6. The second kappa shape index (κ2) is 4.82. The molecule has 92 valence electrons. The van der Waals surface area contributed by atoms with E-state index in [1.807, 2.05) is 0 Å². The molecule has 0 radical (unpaired) electrons. The topological polar surface area (TPSA) is 37.3 Å². The summed E-state index contributed by atoms with van der Waals surface area (Å²) in [6.07, 6.45) is 2.66. The maximum Gasteiger partial charge on any atom is 0.307 e. The number of halogens is 2. The van der Waals surface area contributed by atoms with Crippen LogP contribution in [-0.2, 0) is 4.79 Å². The number of aliphatic carboxylic acids is 1. The van der Waals surface area contributed by atoms with Gasteiger partial charge in [-0.3, -0.25) is 4.79 Å². The summed E-state index contributed by atoms with van der Waals surface area (Å²) in [4.78, 5) is 11.1. The Kier molecular flexibility index (Phi) is 3.41. The van der Waals surface area contributed by atoms with Crippen LogP contribution < -0.4 is 0 Å². The minimum Gasteiger partial charge on any atom is -0.481 e. The lowest BCUT2D eigenvalue weighted by Gasteiger charge is -2.29. The van der Waals surface area contributed by atoms with Crippen LogP contribution in [0.25, 0.3) is 0 Å². The predicted molar refractivity (Wildman–Crippen MR) is 58.7 cm³/mol. The van der Waals surface area contributed by atoms with Gasteiger partial charge >= 0.3 is 5.97 Å². The zero-order valence-corrected chi connectivity index (χ0v) is 9.33. The molecule has 2 atom stereocenters. The molecule has 2 rings (SSSR count). The van der Waals surface area contributed by atoms with Gasteiger partial charge in [-0.05, 0) is 25.0 Å². The highest BCUT2D eigenvalue weighted by Crippen LogP contribution is 2.39. The molecule has 1 aliphatic rings. The standard InChI is InChI=1S/C13H14F2O2/c14-10-6-3-7-11(15)12(10)8-4-1-2-5-9(8)13(16)17/h3,6-9H,1-2,4-5H2,(H,16,17). The third-order valence-corrected chi connectivity index (χ3v) is 3.45. The minimum atomic E-state index is -0.961. The van der Waals surface area contributed by atoms with Crippen LogP contribution in [0.1, 0.15) is 37.2 Å². The number of rotatable bonds is 2. The second-order valence-electron chi connectivity index (χ2n) is 4.47. The molecule has 0 heterocycles. The van der Waals surface area contributed by atoms with Gasteiger partial charge in [0.1, 0.15) is 11.6 Å². The Morgan fingerprint density at radius 3 is 2.35 bits per heavy atom. The molecule has 4 heteroatoms. The summed E-state index contributed by atoms with van der Waals surface area (Å²) in [5.74, 6) is -3.44. The zero-order valence-electron chi connectivity index (χ0n) is 9.33. The van der Waals surface area contributed by atoms with Gasteiger partial charge < -0.3 is 5.11 Å². The predicted octanol–water partition coefficient (Wildman–Crippen LogP) is 3.32. The number of benzene rings is 1. The number of hydrogen-bond donors (Lipinski definition) is 1. The maximum atomic E-state index is 13.6. The van der Waals surface area contributed by atoms with E-state index in [4.69, 9.17) is 5.11 Å². The number of carboxylic acids is 1. The number of carbonyl (C=O) groups is 1. The molecular weight excluding hydrogens is 226 g/mol. The van der Waals surface area contributed by atoms with Gasteiger partial charge in [-0.2, -0.15) is 0 Å². The zero-order chi connectivity index (χ0) is 12.4. The van der Waals surface area contributed by atoms with E-state index in [2.05, 4.69) is 0 Å². The summed E-state index contributed by atoms with van der Waals surface area (Å²) >= 11 is 0. The van der Waals surface area contributed by atoms with Crippen LogP contribution in [0.5, 0.6) is 0 Å². The Morgan fingerprint density at radius 1 is 1.18 bits per heavy atom. The molecule has 17 heavy (non-hydrogen) atoms. The van der Waals surface area contributed by atoms with E-state index in [0.29, 0.717) is 12.8 Å². The van der Waals surface area contributed by atoms with Crippen LogP contribution in [0, 0.1) is 17.6 Å². The van der Waals surface area contributed by atoms with E-state index in [9.17, 15) is 13.6 Å². The van der Waals surface area contributed by atoms with Crippen molar-refractivity contribution in [2.45, 2.75) is 31.6 Å². The van der Waals surface area contributed by atoms with Gasteiger partial charge in [0.2, 0.25) is 0 Å². The largest absolute Gasteiger partial charge is 0.481 e. The summed E-state index contributed by atoms with van der Waals surface area (Å²) in [7, 11) is 0. The highest BCUT2D eigenvalue weighted by molar-refractivity contribution is 5.71. The molecule has 2 nitrogen and oxygen atoms in total. The molecule has 1 aromatic carbocycles. The molecule has 0 aromatic heterocycles. The first-order chi connectivity index (χ1) is 8.11. The van der Waals surface area contributed by atoms with Crippen molar-refractivity contribution < 1.29 is 18.7 Å². The Hall–Kier alpha value is -1.45. The molecule has 0 aliphatic heterocycles. The second-order valence-corrected chi connectivity index (χ2v) is 4.47. The minimum absolute atomic E-state index is 0.0559.